The van der Waals surface area contributed by atoms with Gasteiger partial charge in [0.2, 0.25) is 5.91 Å². The minimum absolute atomic E-state index is 0.0492. The van der Waals surface area contributed by atoms with Gasteiger partial charge in [-0.1, -0.05) is 35.5 Å². The smallest absolute Gasteiger partial charge is 0.341 e. The van der Waals surface area contributed by atoms with E-state index in [2.05, 4.69) is 15.5 Å². The molecule has 2 aromatic heterocycles. The Morgan fingerprint density at radius 2 is 1.89 bits per heavy atom. The molecule has 0 aliphatic carbocycles. The number of benzene rings is 1. The molecule has 0 aliphatic rings. The van der Waals surface area contributed by atoms with E-state index in [4.69, 9.17) is 16.3 Å². The number of thioether (sulfide) groups is 1. The van der Waals surface area contributed by atoms with Gasteiger partial charge in [-0.25, -0.2) is 4.79 Å². The van der Waals surface area contributed by atoms with Crippen LogP contribution >= 0.6 is 34.7 Å². The zero-order valence-corrected chi connectivity index (χ0v) is 22.4. The van der Waals surface area contributed by atoms with E-state index in [-0.39, 0.29) is 28.1 Å². The van der Waals surface area contributed by atoms with E-state index in [0.29, 0.717) is 33.6 Å². The largest absolute Gasteiger partial charge is 0.465 e. The number of nitrogens with one attached hydrogen (secondary N) is 1. The summed E-state index contributed by atoms with van der Waals surface area (Å²) >= 11 is 8.26. The average molecular weight is 536 g/mol. The summed E-state index contributed by atoms with van der Waals surface area (Å²) in [6.45, 7) is 4.29. The standard InChI is InChI=1S/C23H26ClN5O4S2/c1-6-29-16(11-14-7-9-15(24)10-8-14)26-27-23(29)34-12-17(30)25-20-18(22(32)33-5)13(2)19(35-20)21(31)28(3)4/h7-10H,6,11-12H2,1-5H3,(H,25,30). The molecule has 0 saturated carbocycles. The first-order chi connectivity index (χ1) is 16.7. The van der Waals surface area contributed by atoms with Gasteiger partial charge in [-0.3, -0.25) is 9.59 Å². The molecule has 0 radical (unpaired) electrons. The van der Waals surface area contributed by atoms with Gasteiger partial charge in [0.05, 0.1) is 23.3 Å². The summed E-state index contributed by atoms with van der Waals surface area (Å²) in [5.41, 5.74) is 1.71. The van der Waals surface area contributed by atoms with Crippen molar-refractivity contribution in [3.05, 3.63) is 56.7 Å². The highest BCUT2D eigenvalue weighted by Crippen LogP contribution is 2.34. The van der Waals surface area contributed by atoms with Gasteiger partial charge >= 0.3 is 5.97 Å². The third-order valence-corrected chi connectivity index (χ3v) is 7.52. The maximum atomic E-state index is 12.8. The fourth-order valence-corrected chi connectivity index (χ4v) is 5.49. The minimum atomic E-state index is -0.614. The van der Waals surface area contributed by atoms with E-state index in [1.54, 1.807) is 21.0 Å². The van der Waals surface area contributed by atoms with Crippen molar-refractivity contribution in [3.8, 4) is 0 Å². The minimum Gasteiger partial charge on any atom is -0.465 e. The number of carbonyl (C=O) groups excluding carboxylic acids is 3. The van der Waals surface area contributed by atoms with E-state index < -0.39 is 5.97 Å². The van der Waals surface area contributed by atoms with Crippen LogP contribution in [0.2, 0.25) is 5.02 Å². The van der Waals surface area contributed by atoms with Gasteiger partial charge < -0.3 is 19.5 Å². The molecule has 0 saturated heterocycles. The molecule has 1 N–H and O–H groups in total. The molecule has 0 fully saturated rings. The monoisotopic (exact) mass is 535 g/mol. The number of ether oxygens (including phenoxy) is 1. The lowest BCUT2D eigenvalue weighted by molar-refractivity contribution is -0.113. The van der Waals surface area contributed by atoms with Crippen molar-refractivity contribution >= 4 is 57.5 Å². The molecule has 186 valence electrons. The molecule has 3 aromatic rings. The highest BCUT2D eigenvalue weighted by atomic mass is 35.5. The van der Waals surface area contributed by atoms with Crippen LogP contribution in [0.1, 0.15) is 43.9 Å². The van der Waals surface area contributed by atoms with Crippen molar-refractivity contribution in [2.75, 3.05) is 32.3 Å². The van der Waals surface area contributed by atoms with Gasteiger partial charge in [-0.2, -0.15) is 0 Å². The van der Waals surface area contributed by atoms with Gasteiger partial charge in [0.1, 0.15) is 10.8 Å². The van der Waals surface area contributed by atoms with Crippen LogP contribution < -0.4 is 5.32 Å². The van der Waals surface area contributed by atoms with Crippen molar-refractivity contribution < 1.29 is 19.1 Å². The molecule has 2 heterocycles. The Kier molecular flexibility index (Phi) is 8.92. The zero-order valence-electron chi connectivity index (χ0n) is 20.0. The number of rotatable bonds is 9. The zero-order chi connectivity index (χ0) is 25.7. The van der Waals surface area contributed by atoms with Crippen LogP contribution in [0.3, 0.4) is 0 Å². The summed E-state index contributed by atoms with van der Waals surface area (Å²) in [4.78, 5) is 39.4. The topological polar surface area (TPSA) is 106 Å². The third-order valence-electron chi connectivity index (χ3n) is 5.11. The predicted octanol–water partition coefficient (Wildman–Crippen LogP) is 4.13. The maximum Gasteiger partial charge on any atom is 0.341 e. The number of anilines is 1. The van der Waals surface area contributed by atoms with Crippen LogP contribution in [0.4, 0.5) is 5.00 Å². The molecule has 0 bridgehead atoms. The van der Waals surface area contributed by atoms with E-state index in [1.165, 1.54) is 23.8 Å². The number of carbonyl (C=O) groups is 3. The fraction of sp³-hybridized carbons (Fsp3) is 0.348. The molecule has 0 spiro atoms. The molecule has 1 aromatic carbocycles. The molecule has 9 nitrogen and oxygen atoms in total. The Labute approximate surface area is 216 Å². The SMILES string of the molecule is CCn1c(Cc2ccc(Cl)cc2)nnc1SCC(=O)Nc1sc(C(=O)N(C)C)c(C)c1C(=O)OC. The van der Waals surface area contributed by atoms with E-state index in [0.717, 1.165) is 22.7 Å². The van der Waals surface area contributed by atoms with E-state index in [1.807, 2.05) is 35.8 Å². The van der Waals surface area contributed by atoms with Crippen LogP contribution in [0.5, 0.6) is 0 Å². The van der Waals surface area contributed by atoms with Crippen molar-refractivity contribution in [1.82, 2.24) is 19.7 Å². The van der Waals surface area contributed by atoms with Crippen molar-refractivity contribution in [1.29, 1.82) is 0 Å². The average Bonchev–Trinajstić information content (AvgIpc) is 3.37. The number of aromatic nitrogens is 3. The molecule has 0 atom stereocenters. The molecule has 12 heteroatoms. The number of halogens is 1. The molecule has 0 unspecified atom stereocenters. The third kappa shape index (κ3) is 6.22. The first-order valence-electron chi connectivity index (χ1n) is 10.7. The van der Waals surface area contributed by atoms with Crippen molar-refractivity contribution in [2.24, 2.45) is 0 Å². The van der Waals surface area contributed by atoms with Crippen LogP contribution in [0.15, 0.2) is 29.4 Å². The van der Waals surface area contributed by atoms with Crippen molar-refractivity contribution in [3.63, 3.8) is 0 Å². The lowest BCUT2D eigenvalue weighted by Crippen LogP contribution is -2.21. The second-order valence-corrected chi connectivity index (χ2v) is 10.1. The summed E-state index contributed by atoms with van der Waals surface area (Å²) in [6.07, 6.45) is 0.588. The molecule has 35 heavy (non-hydrogen) atoms. The highest BCUT2D eigenvalue weighted by Gasteiger charge is 2.27. The van der Waals surface area contributed by atoms with Gasteiger partial charge in [-0.05, 0) is 37.1 Å². The number of amides is 2. The van der Waals surface area contributed by atoms with Crippen LogP contribution in [0, 0.1) is 6.92 Å². The summed E-state index contributed by atoms with van der Waals surface area (Å²) < 4.78 is 6.82. The van der Waals surface area contributed by atoms with Crippen molar-refractivity contribution in [2.45, 2.75) is 32.0 Å². The highest BCUT2D eigenvalue weighted by molar-refractivity contribution is 7.99. The summed E-state index contributed by atoms with van der Waals surface area (Å²) in [5, 5.41) is 12.9. The van der Waals surface area contributed by atoms with Crippen LogP contribution in [0.25, 0.3) is 0 Å². The quantitative estimate of drug-likeness (QED) is 0.324. The normalized spacial score (nSPS) is 10.8. The maximum absolute atomic E-state index is 12.8. The fourth-order valence-electron chi connectivity index (χ4n) is 3.31. The summed E-state index contributed by atoms with van der Waals surface area (Å²) in [6, 6.07) is 7.54. The number of hydrogen-bond acceptors (Lipinski definition) is 8. The van der Waals surface area contributed by atoms with E-state index in [9.17, 15) is 14.4 Å². The van der Waals surface area contributed by atoms with Gasteiger partial charge in [0, 0.05) is 32.1 Å². The van der Waals surface area contributed by atoms with E-state index >= 15 is 0 Å². The molecule has 0 aliphatic heterocycles. The molecular formula is C23H26ClN5O4S2. The Balaban J connectivity index is 1.73. The number of esters is 1. The Bertz CT molecular complexity index is 1240. The lowest BCUT2D eigenvalue weighted by Gasteiger charge is -2.08. The molecule has 3 rings (SSSR count). The Morgan fingerprint density at radius 3 is 2.49 bits per heavy atom. The molecule has 2 amide bonds. The summed E-state index contributed by atoms with van der Waals surface area (Å²) in [5.74, 6) is -0.372. The second kappa shape index (κ2) is 11.7. The molecular weight excluding hydrogens is 510 g/mol. The number of nitrogens with zero attached hydrogens (tertiary/aromatic N) is 4. The van der Waals surface area contributed by atoms with Crippen LogP contribution in [-0.4, -0.2) is 64.4 Å². The Hall–Kier alpha value is -2.89. The van der Waals surface area contributed by atoms with Crippen LogP contribution in [-0.2, 0) is 22.5 Å². The van der Waals surface area contributed by atoms with Gasteiger partial charge in [0.25, 0.3) is 5.91 Å². The Morgan fingerprint density at radius 1 is 1.20 bits per heavy atom. The van der Waals surface area contributed by atoms with Gasteiger partial charge in [0.15, 0.2) is 5.16 Å². The predicted molar refractivity (Wildman–Crippen MR) is 138 cm³/mol. The number of thiophene rings is 1. The lowest BCUT2D eigenvalue weighted by atomic mass is 10.1. The first-order valence-corrected chi connectivity index (χ1v) is 12.9. The summed E-state index contributed by atoms with van der Waals surface area (Å²) in [7, 11) is 4.51. The second-order valence-electron chi connectivity index (χ2n) is 7.73. The number of hydrogen-bond donors (Lipinski definition) is 1. The first kappa shape index (κ1) is 26.7. The van der Waals surface area contributed by atoms with Gasteiger partial charge in [-0.15, -0.1) is 21.5 Å². The number of methoxy groups -OCH3 is 1.